The topological polar surface area (TPSA) is 30.5 Å². The van der Waals surface area contributed by atoms with E-state index in [1.54, 1.807) is 7.11 Å². The molecule has 1 fully saturated rings. The molecule has 0 aliphatic carbocycles. The molecule has 1 saturated heterocycles. The summed E-state index contributed by atoms with van der Waals surface area (Å²) in [6.07, 6.45) is 5.10. The van der Waals surface area contributed by atoms with Gasteiger partial charge in [0.1, 0.15) is 5.75 Å². The molecule has 0 radical (unpaired) electrons. The zero-order chi connectivity index (χ0) is 12.6. The van der Waals surface area contributed by atoms with Crippen LogP contribution in [0.1, 0.15) is 31.2 Å². The first-order chi connectivity index (χ1) is 8.88. The Bertz CT molecular complexity index is 331. The molecule has 0 unspecified atom stereocenters. The number of benzene rings is 1. The minimum atomic E-state index is 0.662. The maximum atomic E-state index is 5.72. The van der Waals surface area contributed by atoms with Crippen molar-refractivity contribution in [3.8, 4) is 5.75 Å². The lowest BCUT2D eigenvalue weighted by Gasteiger charge is -2.23. The van der Waals surface area contributed by atoms with Crippen molar-refractivity contribution in [3.63, 3.8) is 0 Å². The summed E-state index contributed by atoms with van der Waals surface area (Å²) in [6.45, 7) is 2.70. The Balaban J connectivity index is 1.62. The van der Waals surface area contributed by atoms with Gasteiger partial charge in [0.2, 0.25) is 0 Å². The molecule has 3 heteroatoms. The van der Waals surface area contributed by atoms with Gasteiger partial charge < -0.3 is 14.8 Å². The third-order valence-corrected chi connectivity index (χ3v) is 3.45. The van der Waals surface area contributed by atoms with Crippen molar-refractivity contribution in [2.45, 2.75) is 38.3 Å². The number of rotatable bonds is 6. The summed E-state index contributed by atoms with van der Waals surface area (Å²) in [4.78, 5) is 0. The highest BCUT2D eigenvalue weighted by molar-refractivity contribution is 5.26. The van der Waals surface area contributed by atoms with E-state index in [-0.39, 0.29) is 0 Å². The molecule has 1 aromatic rings. The predicted molar refractivity (Wildman–Crippen MR) is 72.9 cm³/mol. The molecule has 1 N–H and O–H groups in total. The van der Waals surface area contributed by atoms with Crippen LogP contribution in [0, 0.1) is 0 Å². The van der Waals surface area contributed by atoms with Gasteiger partial charge in [0.05, 0.1) is 13.7 Å². The largest absolute Gasteiger partial charge is 0.497 e. The number of methoxy groups -OCH3 is 1. The highest BCUT2D eigenvalue weighted by Crippen LogP contribution is 2.13. The molecule has 1 aliphatic heterocycles. The Morgan fingerprint density at radius 2 is 2.06 bits per heavy atom. The van der Waals surface area contributed by atoms with E-state index in [0.29, 0.717) is 12.6 Å². The van der Waals surface area contributed by atoms with Crippen molar-refractivity contribution in [2.75, 3.05) is 20.3 Å². The fourth-order valence-electron chi connectivity index (χ4n) is 2.31. The summed E-state index contributed by atoms with van der Waals surface area (Å²) in [7, 11) is 1.68. The lowest BCUT2D eigenvalue weighted by Crippen LogP contribution is -2.34. The van der Waals surface area contributed by atoms with Gasteiger partial charge in [-0.2, -0.15) is 0 Å². The molecular weight excluding hydrogens is 226 g/mol. The second kappa shape index (κ2) is 7.39. The van der Waals surface area contributed by atoms with Crippen molar-refractivity contribution in [1.29, 1.82) is 0 Å². The van der Waals surface area contributed by atoms with Gasteiger partial charge in [-0.15, -0.1) is 0 Å². The molecular formula is C15H23NO2. The SMILES string of the molecule is COc1ccc(COCC[C@@H]2CCCCN2)cc1. The minimum Gasteiger partial charge on any atom is -0.497 e. The Kier molecular flexibility index (Phi) is 5.49. The number of ether oxygens (including phenoxy) is 2. The molecule has 0 amide bonds. The summed E-state index contributed by atoms with van der Waals surface area (Å²) in [6, 6.07) is 8.72. The predicted octanol–water partition coefficient (Wildman–Crippen LogP) is 2.74. The van der Waals surface area contributed by atoms with Gasteiger partial charge in [0, 0.05) is 12.6 Å². The summed E-state index contributed by atoms with van der Waals surface area (Å²) < 4.78 is 10.8. The van der Waals surface area contributed by atoms with Crippen LogP contribution >= 0.6 is 0 Å². The zero-order valence-corrected chi connectivity index (χ0v) is 11.2. The van der Waals surface area contributed by atoms with E-state index in [9.17, 15) is 0 Å². The molecule has 0 bridgehead atoms. The molecule has 1 heterocycles. The zero-order valence-electron chi connectivity index (χ0n) is 11.2. The first-order valence-electron chi connectivity index (χ1n) is 6.82. The molecule has 0 saturated carbocycles. The lowest BCUT2D eigenvalue weighted by molar-refractivity contribution is 0.108. The van der Waals surface area contributed by atoms with Gasteiger partial charge in [-0.1, -0.05) is 18.6 Å². The van der Waals surface area contributed by atoms with Crippen molar-refractivity contribution in [1.82, 2.24) is 5.32 Å². The summed E-state index contributed by atoms with van der Waals surface area (Å²) in [5.74, 6) is 0.894. The van der Waals surface area contributed by atoms with Crippen LogP contribution in [0.5, 0.6) is 5.75 Å². The first-order valence-corrected chi connectivity index (χ1v) is 6.82. The Labute approximate surface area is 109 Å². The normalized spacial score (nSPS) is 19.7. The van der Waals surface area contributed by atoms with Crippen LogP contribution in [-0.2, 0) is 11.3 Å². The summed E-state index contributed by atoms with van der Waals surface area (Å²) >= 11 is 0. The van der Waals surface area contributed by atoms with Crippen LogP contribution in [0.15, 0.2) is 24.3 Å². The van der Waals surface area contributed by atoms with Gasteiger partial charge in [-0.3, -0.25) is 0 Å². The first kappa shape index (κ1) is 13.4. The van der Waals surface area contributed by atoms with Crippen LogP contribution in [-0.4, -0.2) is 26.3 Å². The van der Waals surface area contributed by atoms with E-state index < -0.39 is 0 Å². The third-order valence-electron chi connectivity index (χ3n) is 3.45. The molecule has 0 spiro atoms. The summed E-state index contributed by atoms with van der Waals surface area (Å²) in [5, 5.41) is 3.54. The van der Waals surface area contributed by atoms with Gasteiger partial charge in [-0.05, 0) is 43.5 Å². The van der Waals surface area contributed by atoms with Gasteiger partial charge in [-0.25, -0.2) is 0 Å². The molecule has 1 aliphatic rings. The molecule has 100 valence electrons. The average molecular weight is 249 g/mol. The van der Waals surface area contributed by atoms with E-state index >= 15 is 0 Å². The van der Waals surface area contributed by atoms with Crippen molar-refractivity contribution >= 4 is 0 Å². The molecule has 1 aromatic carbocycles. The van der Waals surface area contributed by atoms with E-state index in [2.05, 4.69) is 17.4 Å². The highest BCUT2D eigenvalue weighted by atomic mass is 16.5. The van der Waals surface area contributed by atoms with Crippen molar-refractivity contribution < 1.29 is 9.47 Å². The summed E-state index contributed by atoms with van der Waals surface area (Å²) in [5.41, 5.74) is 1.20. The molecule has 2 rings (SSSR count). The number of nitrogens with one attached hydrogen (secondary N) is 1. The fraction of sp³-hybridized carbons (Fsp3) is 0.600. The molecule has 18 heavy (non-hydrogen) atoms. The highest BCUT2D eigenvalue weighted by Gasteiger charge is 2.11. The number of piperidine rings is 1. The standard InChI is InChI=1S/C15H23NO2/c1-17-15-7-5-13(6-8-15)12-18-11-9-14-4-2-3-10-16-14/h5-8,14,16H,2-4,9-12H2,1H3/t14-/m0/s1. The average Bonchev–Trinajstić information content (AvgIpc) is 2.45. The van der Waals surface area contributed by atoms with Crippen LogP contribution < -0.4 is 10.1 Å². The van der Waals surface area contributed by atoms with E-state index in [1.807, 2.05) is 12.1 Å². The number of hydrogen-bond acceptors (Lipinski definition) is 3. The van der Waals surface area contributed by atoms with Gasteiger partial charge in [0.15, 0.2) is 0 Å². The number of hydrogen-bond donors (Lipinski definition) is 1. The smallest absolute Gasteiger partial charge is 0.118 e. The minimum absolute atomic E-state index is 0.662. The van der Waals surface area contributed by atoms with E-state index in [0.717, 1.165) is 18.8 Å². The molecule has 1 atom stereocenters. The molecule has 0 aromatic heterocycles. The maximum absolute atomic E-state index is 5.72. The van der Waals surface area contributed by atoms with Crippen LogP contribution in [0.3, 0.4) is 0 Å². The molecule has 3 nitrogen and oxygen atoms in total. The van der Waals surface area contributed by atoms with Crippen molar-refractivity contribution in [3.05, 3.63) is 29.8 Å². The quantitative estimate of drug-likeness (QED) is 0.786. The maximum Gasteiger partial charge on any atom is 0.118 e. The van der Waals surface area contributed by atoms with Crippen LogP contribution in [0.2, 0.25) is 0 Å². The van der Waals surface area contributed by atoms with Crippen LogP contribution in [0.4, 0.5) is 0 Å². The van der Waals surface area contributed by atoms with E-state index in [4.69, 9.17) is 9.47 Å². The lowest BCUT2D eigenvalue weighted by atomic mass is 10.0. The second-order valence-corrected chi connectivity index (χ2v) is 4.84. The van der Waals surface area contributed by atoms with Gasteiger partial charge >= 0.3 is 0 Å². The van der Waals surface area contributed by atoms with Gasteiger partial charge in [0.25, 0.3) is 0 Å². The Morgan fingerprint density at radius 1 is 1.22 bits per heavy atom. The Morgan fingerprint density at radius 3 is 2.72 bits per heavy atom. The van der Waals surface area contributed by atoms with Crippen LogP contribution in [0.25, 0.3) is 0 Å². The monoisotopic (exact) mass is 249 g/mol. The van der Waals surface area contributed by atoms with E-state index in [1.165, 1.54) is 31.4 Å². The second-order valence-electron chi connectivity index (χ2n) is 4.84. The Hall–Kier alpha value is -1.06. The van der Waals surface area contributed by atoms with Crippen molar-refractivity contribution in [2.24, 2.45) is 0 Å². The third kappa shape index (κ3) is 4.31. The fourth-order valence-corrected chi connectivity index (χ4v) is 2.31.